The molecule has 1 rings (SSSR count). The van der Waals surface area contributed by atoms with Gasteiger partial charge in [0.05, 0.1) is 5.41 Å². The number of nitrogens with zero attached hydrogens (tertiary/aromatic N) is 2. The molecule has 1 aromatic heterocycles. The van der Waals surface area contributed by atoms with Gasteiger partial charge < -0.3 is 14.9 Å². The number of hydrogen-bond donors (Lipinski definition) is 2. The van der Waals surface area contributed by atoms with Crippen molar-refractivity contribution in [2.75, 3.05) is 6.61 Å². The normalized spacial score (nSPS) is 10.8. The second-order valence-corrected chi connectivity index (χ2v) is 4.23. The molecule has 1 aromatic rings. The highest BCUT2D eigenvalue weighted by Gasteiger charge is 2.29. The Balaban J connectivity index is 2.81. The summed E-state index contributed by atoms with van der Waals surface area (Å²) >= 11 is 0. The molecule has 0 aromatic carbocycles. The number of carbonyl (C=O) groups is 1. The van der Waals surface area contributed by atoms with Crippen LogP contribution in [0.5, 0.6) is 5.75 Å². The average Bonchev–Trinajstić information content (AvgIpc) is 2.35. The smallest absolute Gasteiger partial charge is 0.406 e. The molecule has 0 fully saturated rings. The van der Waals surface area contributed by atoms with Gasteiger partial charge in [-0.2, -0.15) is 0 Å². The maximum Gasteiger partial charge on any atom is 0.406 e. The van der Waals surface area contributed by atoms with Crippen molar-refractivity contribution in [3.63, 3.8) is 0 Å². The first-order valence-corrected chi connectivity index (χ1v) is 5.12. The molecular weight excluding hydrogens is 240 g/mol. The fourth-order valence-electron chi connectivity index (χ4n) is 1.15. The van der Waals surface area contributed by atoms with Gasteiger partial charge in [0.2, 0.25) is 11.7 Å². The zero-order chi connectivity index (χ0) is 13.8. The van der Waals surface area contributed by atoms with Crippen molar-refractivity contribution in [1.29, 1.82) is 0 Å². The number of nitrogens with two attached hydrogens (primary N) is 1. The molecule has 98 valence electrons. The molecule has 0 bridgehead atoms. The van der Waals surface area contributed by atoms with Crippen molar-refractivity contribution in [3.8, 4) is 5.75 Å². The van der Waals surface area contributed by atoms with Gasteiger partial charge in [-0.05, 0) is 35.9 Å². The molecule has 0 aliphatic carbocycles. The van der Waals surface area contributed by atoms with Gasteiger partial charge in [-0.15, -0.1) is 0 Å². The van der Waals surface area contributed by atoms with E-state index in [1.54, 1.807) is 13.8 Å². The van der Waals surface area contributed by atoms with Crippen LogP contribution in [-0.4, -0.2) is 22.4 Å². The molecule has 0 saturated carbocycles. The minimum absolute atomic E-state index is 0.0143. The van der Waals surface area contributed by atoms with Crippen molar-refractivity contribution in [3.05, 3.63) is 28.4 Å². The van der Waals surface area contributed by atoms with E-state index in [9.17, 15) is 14.9 Å². The Morgan fingerprint density at radius 3 is 2.89 bits per heavy atom. The third kappa shape index (κ3) is 3.14. The summed E-state index contributed by atoms with van der Waals surface area (Å²) in [6.07, 6.45) is 1.29. The lowest BCUT2D eigenvalue weighted by atomic mass is 9.94. The van der Waals surface area contributed by atoms with Crippen molar-refractivity contribution < 1.29 is 14.5 Å². The SMILES string of the molecule is CC(C)(COc1cccnc1[N+](=O)[O-])C(=O)NN. The van der Waals surface area contributed by atoms with Crippen LogP contribution >= 0.6 is 0 Å². The van der Waals surface area contributed by atoms with Crippen molar-refractivity contribution in [2.24, 2.45) is 11.3 Å². The van der Waals surface area contributed by atoms with E-state index < -0.39 is 16.2 Å². The van der Waals surface area contributed by atoms with Gasteiger partial charge in [-0.25, -0.2) is 5.84 Å². The summed E-state index contributed by atoms with van der Waals surface area (Å²) in [6, 6.07) is 2.93. The molecule has 3 N–H and O–H groups in total. The third-order valence-electron chi connectivity index (χ3n) is 2.26. The molecule has 0 radical (unpaired) electrons. The fraction of sp³-hybridized carbons (Fsp3) is 0.400. The van der Waals surface area contributed by atoms with Crippen LogP contribution in [-0.2, 0) is 4.79 Å². The minimum atomic E-state index is -0.904. The molecule has 0 saturated heterocycles. The van der Waals surface area contributed by atoms with Crippen LogP contribution in [0.15, 0.2) is 18.3 Å². The molecule has 1 heterocycles. The van der Waals surface area contributed by atoms with E-state index in [0.717, 1.165) is 0 Å². The van der Waals surface area contributed by atoms with Crippen LogP contribution in [0.2, 0.25) is 0 Å². The van der Waals surface area contributed by atoms with Gasteiger partial charge in [0.1, 0.15) is 12.8 Å². The second-order valence-electron chi connectivity index (χ2n) is 4.23. The highest BCUT2D eigenvalue weighted by atomic mass is 16.6. The van der Waals surface area contributed by atoms with Gasteiger partial charge >= 0.3 is 5.82 Å². The number of amides is 1. The van der Waals surface area contributed by atoms with Gasteiger partial charge in [-0.3, -0.25) is 10.2 Å². The number of hydrazine groups is 1. The number of aromatic nitrogens is 1. The van der Waals surface area contributed by atoms with Crippen LogP contribution in [0.3, 0.4) is 0 Å². The zero-order valence-electron chi connectivity index (χ0n) is 10.0. The Morgan fingerprint density at radius 2 is 2.33 bits per heavy atom. The molecule has 8 heteroatoms. The van der Waals surface area contributed by atoms with Crippen LogP contribution in [0, 0.1) is 15.5 Å². The summed E-state index contributed by atoms with van der Waals surface area (Å²) in [6.45, 7) is 3.16. The number of nitro groups is 1. The third-order valence-corrected chi connectivity index (χ3v) is 2.26. The van der Waals surface area contributed by atoms with Crippen LogP contribution < -0.4 is 16.0 Å². The summed E-state index contributed by atoms with van der Waals surface area (Å²) < 4.78 is 5.27. The summed E-state index contributed by atoms with van der Waals surface area (Å²) in [4.78, 5) is 25.1. The number of hydrogen-bond acceptors (Lipinski definition) is 6. The molecule has 0 atom stereocenters. The Labute approximate surface area is 103 Å². The largest absolute Gasteiger partial charge is 0.485 e. The van der Waals surface area contributed by atoms with E-state index in [1.807, 2.05) is 5.43 Å². The molecule has 0 aliphatic rings. The predicted molar refractivity (Wildman–Crippen MR) is 62.5 cm³/mol. The summed E-state index contributed by atoms with van der Waals surface area (Å²) in [5.41, 5.74) is 1.11. The second kappa shape index (κ2) is 5.41. The standard InChI is InChI=1S/C10H14N4O4/c1-10(2,9(15)13-11)6-18-7-4-3-5-12-8(7)14(16)17/h3-5H,6,11H2,1-2H3,(H,13,15). The van der Waals surface area contributed by atoms with Crippen LogP contribution in [0.25, 0.3) is 0 Å². The van der Waals surface area contributed by atoms with Crippen molar-refractivity contribution in [2.45, 2.75) is 13.8 Å². The Kier molecular flexibility index (Phi) is 4.16. The van der Waals surface area contributed by atoms with Crippen LogP contribution in [0.4, 0.5) is 5.82 Å². The zero-order valence-corrected chi connectivity index (χ0v) is 10.0. The lowest BCUT2D eigenvalue weighted by Gasteiger charge is -2.22. The van der Waals surface area contributed by atoms with Crippen LogP contribution in [0.1, 0.15) is 13.8 Å². The maximum absolute atomic E-state index is 11.4. The van der Waals surface area contributed by atoms with E-state index in [2.05, 4.69) is 4.98 Å². The molecule has 0 spiro atoms. The first-order chi connectivity index (χ1) is 8.38. The number of ether oxygens (including phenoxy) is 1. The molecule has 8 nitrogen and oxygen atoms in total. The van der Waals surface area contributed by atoms with Gasteiger partial charge in [-0.1, -0.05) is 0 Å². The maximum atomic E-state index is 11.4. The molecule has 18 heavy (non-hydrogen) atoms. The fourth-order valence-corrected chi connectivity index (χ4v) is 1.15. The number of nitrogens with one attached hydrogen (secondary N) is 1. The van der Waals surface area contributed by atoms with Crippen molar-refractivity contribution in [1.82, 2.24) is 10.4 Å². The van der Waals surface area contributed by atoms with E-state index in [1.165, 1.54) is 18.3 Å². The van der Waals surface area contributed by atoms with E-state index in [-0.39, 0.29) is 18.2 Å². The van der Waals surface area contributed by atoms with Gasteiger partial charge in [0.15, 0.2) is 0 Å². The number of carbonyl (C=O) groups excluding carboxylic acids is 1. The van der Waals surface area contributed by atoms with E-state index in [0.29, 0.717) is 0 Å². The average molecular weight is 254 g/mol. The number of pyridine rings is 1. The summed E-state index contributed by atoms with van der Waals surface area (Å²) in [5.74, 6) is 4.23. The summed E-state index contributed by atoms with van der Waals surface area (Å²) in [5, 5.41) is 10.7. The quantitative estimate of drug-likeness (QED) is 0.339. The van der Waals surface area contributed by atoms with E-state index in [4.69, 9.17) is 10.6 Å². The highest BCUT2D eigenvalue weighted by molar-refractivity contribution is 5.81. The highest BCUT2D eigenvalue weighted by Crippen LogP contribution is 2.25. The predicted octanol–water partition coefficient (Wildman–Crippen LogP) is 0.385. The Hall–Kier alpha value is -2.22. The Morgan fingerprint density at radius 1 is 1.67 bits per heavy atom. The lowest BCUT2D eigenvalue weighted by Crippen LogP contribution is -2.44. The van der Waals surface area contributed by atoms with Gasteiger partial charge in [0.25, 0.3) is 0 Å². The first-order valence-electron chi connectivity index (χ1n) is 5.12. The first kappa shape index (κ1) is 13.8. The summed E-state index contributed by atoms with van der Waals surface area (Å²) in [7, 11) is 0. The molecule has 0 aliphatic heterocycles. The van der Waals surface area contributed by atoms with E-state index >= 15 is 0 Å². The Bertz CT molecular complexity index is 461. The number of rotatable bonds is 5. The topological polar surface area (TPSA) is 120 Å². The molecule has 1 amide bonds. The monoisotopic (exact) mass is 254 g/mol. The van der Waals surface area contributed by atoms with Crippen molar-refractivity contribution >= 4 is 11.7 Å². The minimum Gasteiger partial charge on any atom is -0.485 e. The lowest BCUT2D eigenvalue weighted by molar-refractivity contribution is -0.390. The molecule has 0 unspecified atom stereocenters. The molecular formula is C10H14N4O4. The van der Waals surface area contributed by atoms with Gasteiger partial charge in [0, 0.05) is 0 Å².